The van der Waals surface area contributed by atoms with E-state index >= 15 is 0 Å². The minimum atomic E-state index is -2.07. The first-order chi connectivity index (χ1) is 7.25. The Kier molecular flexibility index (Phi) is 1.53. The highest BCUT2D eigenvalue weighted by Gasteiger charge is 2.62. The van der Waals surface area contributed by atoms with Crippen molar-refractivity contribution in [2.75, 3.05) is 0 Å². The van der Waals surface area contributed by atoms with Crippen LogP contribution in [0.3, 0.4) is 0 Å². The van der Waals surface area contributed by atoms with E-state index in [2.05, 4.69) is 12.2 Å². The fourth-order valence-corrected chi connectivity index (χ4v) is 5.36. The van der Waals surface area contributed by atoms with Gasteiger partial charge in [0.15, 0.2) is 0 Å². The lowest BCUT2D eigenvalue weighted by Crippen LogP contribution is -2.33. The molecule has 0 N–H and O–H groups in total. The van der Waals surface area contributed by atoms with Crippen LogP contribution >= 0.6 is 0 Å². The molecular formula is C13H16F2. The molecule has 0 amide bonds. The number of hydrogen-bond acceptors (Lipinski definition) is 0. The Morgan fingerprint density at radius 2 is 1.67 bits per heavy atom. The Bertz CT molecular complexity index is 322. The van der Waals surface area contributed by atoms with Gasteiger partial charge in [0.1, 0.15) is 0 Å². The maximum absolute atomic E-state index is 12.9. The van der Waals surface area contributed by atoms with Crippen LogP contribution in [0.5, 0.6) is 0 Å². The molecule has 3 saturated carbocycles. The van der Waals surface area contributed by atoms with Crippen LogP contribution in [-0.2, 0) is 0 Å². The summed E-state index contributed by atoms with van der Waals surface area (Å²) >= 11 is 0. The van der Waals surface area contributed by atoms with Crippen LogP contribution in [-0.4, -0.2) is 6.43 Å². The van der Waals surface area contributed by atoms with Crippen molar-refractivity contribution in [2.24, 2.45) is 41.4 Å². The minimum absolute atomic E-state index is 0.260. The highest BCUT2D eigenvalue weighted by atomic mass is 19.3. The first-order valence-corrected chi connectivity index (χ1v) is 6.22. The molecule has 0 aromatic carbocycles. The summed E-state index contributed by atoms with van der Waals surface area (Å²) in [7, 11) is 0. The molecule has 0 heterocycles. The molecule has 0 spiro atoms. The first-order valence-electron chi connectivity index (χ1n) is 6.22. The molecule has 0 aromatic rings. The summed E-state index contributed by atoms with van der Waals surface area (Å²) in [4.78, 5) is 0. The summed E-state index contributed by atoms with van der Waals surface area (Å²) in [5.74, 6) is 3.59. The average Bonchev–Trinajstić information content (AvgIpc) is 2.95. The molecule has 0 radical (unpaired) electrons. The summed E-state index contributed by atoms with van der Waals surface area (Å²) in [5.41, 5.74) is 0. The van der Waals surface area contributed by atoms with Crippen molar-refractivity contribution in [2.45, 2.75) is 25.7 Å². The van der Waals surface area contributed by atoms with Gasteiger partial charge in [-0.2, -0.15) is 0 Å². The van der Waals surface area contributed by atoms with Crippen molar-refractivity contribution in [1.29, 1.82) is 0 Å². The van der Waals surface area contributed by atoms with Crippen LogP contribution in [0.1, 0.15) is 19.3 Å². The predicted octanol–water partition coefficient (Wildman–Crippen LogP) is 3.35. The van der Waals surface area contributed by atoms with Gasteiger partial charge in [0.25, 0.3) is 0 Å². The molecule has 15 heavy (non-hydrogen) atoms. The van der Waals surface area contributed by atoms with E-state index in [4.69, 9.17) is 0 Å². The lowest BCUT2D eigenvalue weighted by Gasteiger charge is -2.36. The van der Waals surface area contributed by atoms with Crippen molar-refractivity contribution in [3.63, 3.8) is 0 Å². The average molecular weight is 210 g/mol. The van der Waals surface area contributed by atoms with Crippen LogP contribution in [0.25, 0.3) is 0 Å². The van der Waals surface area contributed by atoms with Crippen molar-refractivity contribution in [1.82, 2.24) is 0 Å². The van der Waals surface area contributed by atoms with E-state index in [9.17, 15) is 8.78 Å². The van der Waals surface area contributed by atoms with Crippen molar-refractivity contribution >= 4 is 0 Å². The van der Waals surface area contributed by atoms with E-state index in [-0.39, 0.29) is 5.92 Å². The van der Waals surface area contributed by atoms with Crippen LogP contribution in [0.4, 0.5) is 8.78 Å². The molecule has 7 unspecified atom stereocenters. The van der Waals surface area contributed by atoms with E-state index in [1.165, 1.54) is 6.42 Å². The van der Waals surface area contributed by atoms with Gasteiger partial charge in [-0.1, -0.05) is 12.2 Å². The number of halogens is 2. The molecule has 3 fully saturated rings. The minimum Gasteiger partial charge on any atom is -0.210 e. The third kappa shape index (κ3) is 0.920. The van der Waals surface area contributed by atoms with Gasteiger partial charge < -0.3 is 0 Å². The Labute approximate surface area is 88.7 Å². The van der Waals surface area contributed by atoms with Gasteiger partial charge >= 0.3 is 0 Å². The van der Waals surface area contributed by atoms with Crippen LogP contribution in [0, 0.1) is 41.4 Å². The summed E-state index contributed by atoms with van der Waals surface area (Å²) in [6, 6.07) is 0. The summed E-state index contributed by atoms with van der Waals surface area (Å²) < 4.78 is 25.8. The normalized spacial score (nSPS) is 59.5. The molecule has 0 saturated heterocycles. The Hall–Kier alpha value is -0.400. The maximum atomic E-state index is 12.9. The molecule has 7 atom stereocenters. The monoisotopic (exact) mass is 210 g/mol. The highest BCUT2D eigenvalue weighted by Crippen LogP contribution is 2.67. The summed E-state index contributed by atoms with van der Waals surface area (Å²) in [6.45, 7) is 0. The number of hydrogen-bond donors (Lipinski definition) is 0. The number of allylic oxidation sites excluding steroid dienone is 2. The second kappa shape index (κ2) is 2.64. The van der Waals surface area contributed by atoms with E-state index < -0.39 is 6.43 Å². The molecule has 0 nitrogen and oxygen atoms in total. The molecule has 0 aromatic heterocycles. The van der Waals surface area contributed by atoms with Crippen molar-refractivity contribution in [3.05, 3.63) is 12.2 Å². The van der Waals surface area contributed by atoms with Gasteiger partial charge in [-0.05, 0) is 54.8 Å². The zero-order valence-corrected chi connectivity index (χ0v) is 8.65. The second-order valence-corrected chi connectivity index (χ2v) is 6.00. The fraction of sp³-hybridized carbons (Fsp3) is 0.846. The van der Waals surface area contributed by atoms with E-state index in [1.54, 1.807) is 0 Å². The second-order valence-electron chi connectivity index (χ2n) is 6.00. The number of alkyl halides is 2. The molecule has 4 aliphatic carbocycles. The van der Waals surface area contributed by atoms with Crippen molar-refractivity contribution < 1.29 is 8.78 Å². The molecule has 82 valence electrons. The number of fused-ring (bicyclic) bond motifs is 9. The summed E-state index contributed by atoms with van der Waals surface area (Å²) in [5, 5.41) is 0. The Balaban J connectivity index is 1.69. The molecule has 0 aliphatic heterocycles. The summed E-state index contributed by atoms with van der Waals surface area (Å²) in [6.07, 6.45) is 5.82. The van der Waals surface area contributed by atoms with E-state index in [1.807, 2.05) is 0 Å². The van der Waals surface area contributed by atoms with Gasteiger partial charge in [0.2, 0.25) is 6.43 Å². The maximum Gasteiger partial charge on any atom is 0.241 e. The molecule has 2 heteroatoms. The Morgan fingerprint density at radius 3 is 2.40 bits per heavy atom. The van der Waals surface area contributed by atoms with Gasteiger partial charge in [-0.25, -0.2) is 8.78 Å². The standard InChI is InChI=1S/C13H16F2/c14-13(15)10-5-8-4-9(10)12-7-2-1-6(3-7)11(8)12/h1-2,6-13H,3-5H2. The quantitative estimate of drug-likeness (QED) is 0.460. The van der Waals surface area contributed by atoms with E-state index in [0.717, 1.165) is 24.7 Å². The molecule has 4 bridgehead atoms. The third-order valence-corrected chi connectivity index (χ3v) is 5.65. The van der Waals surface area contributed by atoms with Crippen LogP contribution in [0.2, 0.25) is 0 Å². The lowest BCUT2D eigenvalue weighted by molar-refractivity contribution is 0.0112. The van der Waals surface area contributed by atoms with Gasteiger partial charge in [0, 0.05) is 5.92 Å². The highest BCUT2D eigenvalue weighted by molar-refractivity contribution is 5.20. The molecular weight excluding hydrogens is 194 g/mol. The molecule has 4 aliphatic rings. The zero-order valence-electron chi connectivity index (χ0n) is 8.65. The predicted molar refractivity (Wildman–Crippen MR) is 53.4 cm³/mol. The zero-order chi connectivity index (χ0) is 10.2. The topological polar surface area (TPSA) is 0 Å². The smallest absolute Gasteiger partial charge is 0.210 e. The lowest BCUT2D eigenvalue weighted by atomic mass is 9.69. The number of rotatable bonds is 1. The van der Waals surface area contributed by atoms with Gasteiger partial charge in [-0.15, -0.1) is 0 Å². The van der Waals surface area contributed by atoms with Gasteiger partial charge in [-0.3, -0.25) is 0 Å². The van der Waals surface area contributed by atoms with E-state index in [0.29, 0.717) is 23.7 Å². The SMILES string of the molecule is FC(F)C1CC2CC1C1C3C=CC(C3)C21. The third-order valence-electron chi connectivity index (χ3n) is 5.65. The Morgan fingerprint density at radius 1 is 0.933 bits per heavy atom. The van der Waals surface area contributed by atoms with Crippen LogP contribution < -0.4 is 0 Å². The fourth-order valence-electron chi connectivity index (χ4n) is 5.36. The molecule has 4 rings (SSSR count). The van der Waals surface area contributed by atoms with Crippen molar-refractivity contribution in [3.8, 4) is 0 Å². The van der Waals surface area contributed by atoms with Gasteiger partial charge in [0.05, 0.1) is 0 Å². The largest absolute Gasteiger partial charge is 0.241 e. The van der Waals surface area contributed by atoms with Crippen LogP contribution in [0.15, 0.2) is 12.2 Å². The first kappa shape index (κ1) is 8.72.